The highest BCUT2D eigenvalue weighted by Crippen LogP contribution is 2.38. The van der Waals surface area contributed by atoms with Crippen LogP contribution in [0.2, 0.25) is 0 Å². The number of benzene rings is 2. The van der Waals surface area contributed by atoms with Gasteiger partial charge in [0.1, 0.15) is 17.2 Å². The van der Waals surface area contributed by atoms with Crippen LogP contribution >= 0.6 is 0 Å². The van der Waals surface area contributed by atoms with Gasteiger partial charge in [0, 0.05) is 26.1 Å². The van der Waals surface area contributed by atoms with Gasteiger partial charge in [0.05, 0.1) is 18.2 Å². The predicted molar refractivity (Wildman–Crippen MR) is 122 cm³/mol. The van der Waals surface area contributed by atoms with Crippen LogP contribution in [0.5, 0.6) is 0 Å². The molecule has 0 unspecified atom stereocenters. The summed E-state index contributed by atoms with van der Waals surface area (Å²) in [6, 6.07) is 11.0. The van der Waals surface area contributed by atoms with Crippen molar-refractivity contribution in [3.05, 3.63) is 71.3 Å². The van der Waals surface area contributed by atoms with E-state index in [-0.39, 0.29) is 41.6 Å². The van der Waals surface area contributed by atoms with E-state index in [1.54, 1.807) is 23.1 Å². The lowest BCUT2D eigenvalue weighted by Gasteiger charge is -2.41. The average Bonchev–Trinajstić information content (AvgIpc) is 3.47. The number of nitrogens with zero attached hydrogens (tertiary/aromatic N) is 2. The van der Waals surface area contributed by atoms with E-state index < -0.39 is 17.4 Å². The van der Waals surface area contributed by atoms with Gasteiger partial charge in [0.15, 0.2) is 0 Å². The van der Waals surface area contributed by atoms with E-state index in [2.05, 4.69) is 5.32 Å². The number of imide groups is 1. The Morgan fingerprint density at radius 2 is 1.74 bits per heavy atom. The topological polar surface area (TPSA) is 79.0 Å². The van der Waals surface area contributed by atoms with Crippen LogP contribution in [0, 0.1) is 17.6 Å². The number of piperidine rings is 1. The minimum atomic E-state index is -1.20. The first-order valence-corrected chi connectivity index (χ1v) is 11.9. The Morgan fingerprint density at radius 3 is 2.40 bits per heavy atom. The number of nitrogens with one attached hydrogen (secondary N) is 1. The number of hydrogen-bond donors (Lipinski definition) is 1. The maximum Gasteiger partial charge on any atom is 0.325 e. The van der Waals surface area contributed by atoms with E-state index in [4.69, 9.17) is 4.74 Å². The molecule has 4 amide bonds. The summed E-state index contributed by atoms with van der Waals surface area (Å²) in [4.78, 5) is 42.7. The molecule has 9 heteroatoms. The normalized spacial score (nSPS) is 25.3. The predicted octanol–water partition coefficient (Wildman–Crippen LogP) is 3.14. The summed E-state index contributed by atoms with van der Waals surface area (Å²) in [6.07, 6.45) is 1.72. The van der Waals surface area contributed by atoms with E-state index in [0.717, 1.165) is 5.56 Å². The van der Waals surface area contributed by atoms with Crippen molar-refractivity contribution in [1.29, 1.82) is 0 Å². The largest absolute Gasteiger partial charge is 0.379 e. The first-order valence-electron chi connectivity index (χ1n) is 11.9. The van der Waals surface area contributed by atoms with E-state index in [0.29, 0.717) is 45.6 Å². The number of hydrogen-bond acceptors (Lipinski definition) is 4. The summed E-state index contributed by atoms with van der Waals surface area (Å²) < 4.78 is 33.1. The third kappa shape index (κ3) is 4.29. The van der Waals surface area contributed by atoms with Gasteiger partial charge in [0.2, 0.25) is 0 Å². The Bertz CT molecular complexity index is 1130. The Labute approximate surface area is 202 Å². The second-order valence-electron chi connectivity index (χ2n) is 9.44. The molecule has 0 saturated carbocycles. The number of amides is 4. The number of ether oxygens (including phenoxy) is 1. The molecular weight excluding hydrogens is 456 g/mol. The molecule has 0 aromatic heterocycles. The SMILES string of the molecule is O=C(c1ccccc1F)N1CCC([C@@]2(Cc3ccc(F)cc3)NC(=O)N([C@@H]3CCOC3)C2=O)CC1. The molecule has 1 N–H and O–H groups in total. The number of carbonyl (C=O) groups excluding carboxylic acids is 3. The molecule has 3 aliphatic heterocycles. The standard InChI is InChI=1S/C26H27F2N3O4/c27-19-7-5-17(6-8-19)15-26(24(33)31(25(34)29-26)20-11-14-35-16-20)18-9-12-30(13-10-18)23(32)21-3-1-2-4-22(21)28/h1-8,18,20H,9-16H2,(H,29,34)/t20-,26-/m1/s1. The number of likely N-dealkylation sites (tertiary alicyclic amines) is 1. The van der Waals surface area contributed by atoms with Gasteiger partial charge in [0.25, 0.3) is 11.8 Å². The van der Waals surface area contributed by atoms with Gasteiger partial charge in [-0.3, -0.25) is 14.5 Å². The van der Waals surface area contributed by atoms with Crippen LogP contribution in [0.15, 0.2) is 48.5 Å². The maximum atomic E-state index is 14.2. The molecule has 0 bridgehead atoms. The third-order valence-corrected chi connectivity index (χ3v) is 7.40. The van der Waals surface area contributed by atoms with Gasteiger partial charge in [-0.2, -0.15) is 0 Å². The Kier molecular flexibility index (Phi) is 6.27. The molecule has 7 nitrogen and oxygen atoms in total. The summed E-state index contributed by atoms with van der Waals surface area (Å²) in [5, 5.41) is 2.99. The molecule has 3 saturated heterocycles. The van der Waals surface area contributed by atoms with Crippen molar-refractivity contribution in [1.82, 2.24) is 15.1 Å². The number of urea groups is 1. The highest BCUT2D eigenvalue weighted by atomic mass is 19.1. The molecule has 2 atom stereocenters. The van der Waals surface area contributed by atoms with Crippen molar-refractivity contribution >= 4 is 17.8 Å². The molecule has 3 fully saturated rings. The van der Waals surface area contributed by atoms with E-state index >= 15 is 0 Å². The zero-order chi connectivity index (χ0) is 24.6. The van der Waals surface area contributed by atoms with Crippen molar-refractivity contribution < 1.29 is 27.9 Å². The summed E-state index contributed by atoms with van der Waals surface area (Å²) in [5.41, 5.74) is -0.455. The number of carbonyl (C=O) groups is 3. The fourth-order valence-corrected chi connectivity index (χ4v) is 5.51. The first kappa shape index (κ1) is 23.4. The lowest BCUT2D eigenvalue weighted by Crippen LogP contribution is -2.58. The van der Waals surface area contributed by atoms with Crippen LogP contribution in [0.1, 0.15) is 35.2 Å². The lowest BCUT2D eigenvalue weighted by atomic mass is 9.73. The molecule has 35 heavy (non-hydrogen) atoms. The monoisotopic (exact) mass is 483 g/mol. The van der Waals surface area contributed by atoms with E-state index in [1.807, 2.05) is 0 Å². The third-order valence-electron chi connectivity index (χ3n) is 7.40. The molecular formula is C26H27F2N3O4. The van der Waals surface area contributed by atoms with Crippen LogP contribution < -0.4 is 5.32 Å². The van der Waals surface area contributed by atoms with Crippen LogP contribution in [0.4, 0.5) is 13.6 Å². The molecule has 0 radical (unpaired) electrons. The minimum absolute atomic E-state index is 0.0182. The molecule has 5 rings (SSSR count). The summed E-state index contributed by atoms with van der Waals surface area (Å²) in [7, 11) is 0. The molecule has 3 aliphatic rings. The van der Waals surface area contributed by atoms with Crippen molar-refractivity contribution in [2.24, 2.45) is 5.92 Å². The van der Waals surface area contributed by atoms with Crippen LogP contribution in [-0.2, 0) is 16.0 Å². The minimum Gasteiger partial charge on any atom is -0.379 e. The van der Waals surface area contributed by atoms with Crippen LogP contribution in [-0.4, -0.2) is 65.5 Å². The second-order valence-corrected chi connectivity index (χ2v) is 9.44. The van der Waals surface area contributed by atoms with Gasteiger partial charge >= 0.3 is 6.03 Å². The number of halogens is 2. The second kappa shape index (κ2) is 9.37. The van der Waals surface area contributed by atoms with Crippen molar-refractivity contribution in [2.45, 2.75) is 37.3 Å². The van der Waals surface area contributed by atoms with Crippen molar-refractivity contribution in [2.75, 3.05) is 26.3 Å². The molecule has 2 aromatic carbocycles. The molecule has 3 heterocycles. The van der Waals surface area contributed by atoms with E-state index in [1.165, 1.54) is 35.2 Å². The first-order chi connectivity index (χ1) is 16.9. The van der Waals surface area contributed by atoms with Crippen LogP contribution in [0.3, 0.4) is 0 Å². The highest BCUT2D eigenvalue weighted by Gasteiger charge is 2.57. The van der Waals surface area contributed by atoms with Crippen LogP contribution in [0.25, 0.3) is 0 Å². The molecule has 0 spiro atoms. The molecule has 0 aliphatic carbocycles. The summed E-state index contributed by atoms with van der Waals surface area (Å²) in [6.45, 7) is 1.46. The molecule has 2 aromatic rings. The average molecular weight is 484 g/mol. The number of rotatable bonds is 5. The van der Waals surface area contributed by atoms with E-state index in [9.17, 15) is 23.2 Å². The zero-order valence-electron chi connectivity index (χ0n) is 19.2. The van der Waals surface area contributed by atoms with Crippen molar-refractivity contribution in [3.8, 4) is 0 Å². The highest BCUT2D eigenvalue weighted by molar-refractivity contribution is 6.08. The van der Waals surface area contributed by atoms with Gasteiger partial charge in [-0.15, -0.1) is 0 Å². The maximum absolute atomic E-state index is 14.2. The quantitative estimate of drug-likeness (QED) is 0.663. The van der Waals surface area contributed by atoms with Gasteiger partial charge < -0.3 is 15.0 Å². The molecule has 184 valence electrons. The van der Waals surface area contributed by atoms with Crippen molar-refractivity contribution in [3.63, 3.8) is 0 Å². The zero-order valence-corrected chi connectivity index (χ0v) is 19.2. The van der Waals surface area contributed by atoms with Gasteiger partial charge in [-0.1, -0.05) is 24.3 Å². The van der Waals surface area contributed by atoms with Gasteiger partial charge in [-0.05, 0) is 55.0 Å². The fraction of sp³-hybridized carbons (Fsp3) is 0.423. The van der Waals surface area contributed by atoms with Gasteiger partial charge in [-0.25, -0.2) is 13.6 Å². The Hall–Kier alpha value is -3.33. The lowest BCUT2D eigenvalue weighted by molar-refractivity contribution is -0.135. The summed E-state index contributed by atoms with van der Waals surface area (Å²) in [5.74, 6) is -1.89. The summed E-state index contributed by atoms with van der Waals surface area (Å²) >= 11 is 0. The Morgan fingerprint density at radius 1 is 1.03 bits per heavy atom. The Balaban J connectivity index is 1.39. The smallest absolute Gasteiger partial charge is 0.325 e. The fourth-order valence-electron chi connectivity index (χ4n) is 5.51.